The second kappa shape index (κ2) is 6.25. The molecule has 17 heavy (non-hydrogen) atoms. The molecule has 1 amide bonds. The average molecular weight is 236 g/mol. The first-order valence-corrected chi connectivity index (χ1v) is 5.76. The quantitative estimate of drug-likeness (QED) is 0.604. The highest BCUT2D eigenvalue weighted by atomic mass is 16.5. The molecule has 4 nitrogen and oxygen atoms in total. The van der Waals surface area contributed by atoms with Crippen molar-refractivity contribution < 1.29 is 9.53 Å². The number of hydrogen-bond acceptors (Lipinski definition) is 3. The summed E-state index contributed by atoms with van der Waals surface area (Å²) in [6.07, 6.45) is 0.182. The summed E-state index contributed by atoms with van der Waals surface area (Å²) in [7, 11) is 0. The summed E-state index contributed by atoms with van der Waals surface area (Å²) in [5, 5.41) is 2.79. The highest BCUT2D eigenvalue weighted by Gasteiger charge is 2.06. The Labute approximate surface area is 102 Å². The maximum Gasteiger partial charge on any atom is 0.251 e. The molecule has 0 heterocycles. The lowest BCUT2D eigenvalue weighted by molar-refractivity contribution is 0.0746. The molecule has 0 fully saturated rings. The number of carbonyl (C=O) groups excluding carboxylic acids is 1. The van der Waals surface area contributed by atoms with E-state index in [1.54, 1.807) is 6.07 Å². The van der Waals surface area contributed by atoms with Gasteiger partial charge in [0.1, 0.15) is 0 Å². The predicted octanol–water partition coefficient (Wildman–Crippen LogP) is 1.73. The normalized spacial score (nSPS) is 10.6. The van der Waals surface area contributed by atoms with Gasteiger partial charge in [-0.15, -0.1) is 0 Å². The van der Waals surface area contributed by atoms with E-state index >= 15 is 0 Å². The SMILES string of the molecule is Cc1cc(N)cc(C(=O)NCCOC(C)C)c1. The summed E-state index contributed by atoms with van der Waals surface area (Å²) in [6, 6.07) is 5.32. The summed E-state index contributed by atoms with van der Waals surface area (Å²) in [4.78, 5) is 11.8. The molecule has 0 aliphatic rings. The summed E-state index contributed by atoms with van der Waals surface area (Å²) in [5.41, 5.74) is 7.86. The molecule has 3 N–H and O–H groups in total. The minimum Gasteiger partial charge on any atom is -0.399 e. The van der Waals surface area contributed by atoms with Crippen molar-refractivity contribution in [2.45, 2.75) is 26.9 Å². The van der Waals surface area contributed by atoms with Crippen molar-refractivity contribution in [3.8, 4) is 0 Å². The minimum atomic E-state index is -0.118. The maximum absolute atomic E-state index is 11.8. The number of nitrogens with two attached hydrogens (primary N) is 1. The van der Waals surface area contributed by atoms with Crippen LogP contribution in [0.3, 0.4) is 0 Å². The van der Waals surface area contributed by atoms with Crippen LogP contribution >= 0.6 is 0 Å². The van der Waals surface area contributed by atoms with Gasteiger partial charge in [-0.05, 0) is 44.5 Å². The van der Waals surface area contributed by atoms with Gasteiger partial charge in [0.15, 0.2) is 0 Å². The largest absolute Gasteiger partial charge is 0.399 e. The monoisotopic (exact) mass is 236 g/mol. The van der Waals surface area contributed by atoms with Crippen LogP contribution in [0.25, 0.3) is 0 Å². The molecule has 0 saturated heterocycles. The Kier molecular flexibility index (Phi) is 4.97. The number of nitrogens with one attached hydrogen (secondary N) is 1. The van der Waals surface area contributed by atoms with E-state index in [1.807, 2.05) is 32.9 Å². The van der Waals surface area contributed by atoms with Crippen LogP contribution in [-0.4, -0.2) is 25.2 Å². The standard InChI is InChI=1S/C13H20N2O2/c1-9(2)17-5-4-15-13(16)11-6-10(3)7-12(14)8-11/h6-9H,4-5,14H2,1-3H3,(H,15,16). The fraction of sp³-hybridized carbons (Fsp3) is 0.462. The van der Waals surface area contributed by atoms with E-state index in [0.717, 1.165) is 5.56 Å². The Morgan fingerprint density at radius 1 is 1.41 bits per heavy atom. The van der Waals surface area contributed by atoms with E-state index in [2.05, 4.69) is 5.32 Å². The second-order valence-corrected chi connectivity index (χ2v) is 4.31. The third-order valence-electron chi connectivity index (χ3n) is 2.20. The molecular formula is C13H20N2O2. The van der Waals surface area contributed by atoms with Crippen molar-refractivity contribution in [1.29, 1.82) is 0 Å². The molecule has 4 heteroatoms. The van der Waals surface area contributed by atoms with Crippen LogP contribution in [0.2, 0.25) is 0 Å². The lowest BCUT2D eigenvalue weighted by Crippen LogP contribution is -2.28. The van der Waals surface area contributed by atoms with Crippen molar-refractivity contribution >= 4 is 11.6 Å². The molecule has 1 aromatic carbocycles. The summed E-state index contributed by atoms with van der Waals surface area (Å²) in [6.45, 7) is 6.86. The van der Waals surface area contributed by atoms with E-state index in [-0.39, 0.29) is 12.0 Å². The van der Waals surface area contributed by atoms with Crippen molar-refractivity contribution in [3.05, 3.63) is 29.3 Å². The number of carbonyl (C=O) groups is 1. The molecule has 0 spiro atoms. The predicted molar refractivity (Wildman–Crippen MR) is 69.0 cm³/mol. The number of anilines is 1. The smallest absolute Gasteiger partial charge is 0.251 e. The van der Waals surface area contributed by atoms with Crippen LogP contribution < -0.4 is 11.1 Å². The molecule has 0 bridgehead atoms. The summed E-state index contributed by atoms with van der Waals surface area (Å²) in [5.74, 6) is -0.118. The first-order chi connectivity index (χ1) is 7.99. The Morgan fingerprint density at radius 2 is 2.12 bits per heavy atom. The van der Waals surface area contributed by atoms with Gasteiger partial charge in [-0.25, -0.2) is 0 Å². The van der Waals surface area contributed by atoms with Crippen LogP contribution in [0.1, 0.15) is 29.8 Å². The molecule has 0 aliphatic carbocycles. The number of nitrogen functional groups attached to an aromatic ring is 1. The molecule has 0 atom stereocenters. The van der Waals surface area contributed by atoms with Gasteiger partial charge in [-0.3, -0.25) is 4.79 Å². The molecule has 1 aromatic rings. The summed E-state index contributed by atoms with van der Waals surface area (Å²) < 4.78 is 5.34. The van der Waals surface area contributed by atoms with Gasteiger partial charge in [0.25, 0.3) is 5.91 Å². The Morgan fingerprint density at radius 3 is 2.71 bits per heavy atom. The van der Waals surface area contributed by atoms with E-state index in [0.29, 0.717) is 24.4 Å². The fourth-order valence-corrected chi connectivity index (χ4v) is 1.51. The second-order valence-electron chi connectivity index (χ2n) is 4.31. The Balaban J connectivity index is 2.47. The van der Waals surface area contributed by atoms with Gasteiger partial charge < -0.3 is 15.8 Å². The first-order valence-electron chi connectivity index (χ1n) is 5.76. The number of ether oxygens (including phenoxy) is 1. The molecule has 0 saturated carbocycles. The third kappa shape index (κ3) is 4.87. The topological polar surface area (TPSA) is 64.4 Å². The highest BCUT2D eigenvalue weighted by molar-refractivity contribution is 5.95. The molecular weight excluding hydrogens is 216 g/mol. The van der Waals surface area contributed by atoms with Crippen LogP contribution in [0.15, 0.2) is 18.2 Å². The Bertz CT molecular complexity index is 369. The van der Waals surface area contributed by atoms with E-state index in [1.165, 1.54) is 0 Å². The van der Waals surface area contributed by atoms with Gasteiger partial charge in [0.05, 0.1) is 12.7 Å². The van der Waals surface area contributed by atoms with Crippen molar-refractivity contribution in [3.63, 3.8) is 0 Å². The zero-order valence-electron chi connectivity index (χ0n) is 10.6. The lowest BCUT2D eigenvalue weighted by atomic mass is 10.1. The van der Waals surface area contributed by atoms with Crippen LogP contribution in [0.4, 0.5) is 5.69 Å². The molecule has 0 unspecified atom stereocenters. The number of benzene rings is 1. The molecule has 94 valence electrons. The van der Waals surface area contributed by atoms with Crippen molar-refractivity contribution in [1.82, 2.24) is 5.32 Å². The van der Waals surface area contributed by atoms with Crippen LogP contribution in [0, 0.1) is 6.92 Å². The molecule has 0 aliphatic heterocycles. The minimum absolute atomic E-state index is 0.118. The zero-order chi connectivity index (χ0) is 12.8. The number of hydrogen-bond donors (Lipinski definition) is 2. The van der Waals surface area contributed by atoms with Crippen LogP contribution in [0.5, 0.6) is 0 Å². The molecule has 1 rings (SSSR count). The van der Waals surface area contributed by atoms with Gasteiger partial charge >= 0.3 is 0 Å². The van der Waals surface area contributed by atoms with Gasteiger partial charge in [-0.1, -0.05) is 0 Å². The van der Waals surface area contributed by atoms with E-state index in [9.17, 15) is 4.79 Å². The number of aryl methyl sites for hydroxylation is 1. The van der Waals surface area contributed by atoms with Gasteiger partial charge in [0, 0.05) is 17.8 Å². The zero-order valence-corrected chi connectivity index (χ0v) is 10.6. The van der Waals surface area contributed by atoms with Crippen molar-refractivity contribution in [2.75, 3.05) is 18.9 Å². The number of rotatable bonds is 5. The summed E-state index contributed by atoms with van der Waals surface area (Å²) >= 11 is 0. The molecule has 0 radical (unpaired) electrons. The fourth-order valence-electron chi connectivity index (χ4n) is 1.51. The lowest BCUT2D eigenvalue weighted by Gasteiger charge is -2.09. The Hall–Kier alpha value is -1.55. The van der Waals surface area contributed by atoms with E-state index in [4.69, 9.17) is 10.5 Å². The van der Waals surface area contributed by atoms with Crippen molar-refractivity contribution in [2.24, 2.45) is 0 Å². The average Bonchev–Trinajstić information content (AvgIpc) is 2.22. The third-order valence-corrected chi connectivity index (χ3v) is 2.20. The van der Waals surface area contributed by atoms with Gasteiger partial charge in [0.2, 0.25) is 0 Å². The highest BCUT2D eigenvalue weighted by Crippen LogP contribution is 2.10. The maximum atomic E-state index is 11.8. The first kappa shape index (κ1) is 13.5. The van der Waals surface area contributed by atoms with Gasteiger partial charge in [-0.2, -0.15) is 0 Å². The number of amides is 1. The molecule has 0 aromatic heterocycles. The van der Waals surface area contributed by atoms with Crippen LogP contribution in [-0.2, 0) is 4.74 Å². The van der Waals surface area contributed by atoms with E-state index < -0.39 is 0 Å².